The second kappa shape index (κ2) is 63.2. The predicted molar refractivity (Wildman–Crippen MR) is 501 cm³/mol. The highest BCUT2D eigenvalue weighted by atomic mass is 16.8. The molecule has 7 aliphatic heterocycles. The first-order chi connectivity index (χ1) is 69.9. The predicted octanol–water partition coefficient (Wildman–Crippen LogP) is -6.69. The molecule has 7 rings (SSSR count). The smallest absolute Gasteiger partial charge is 0.364 e. The number of nitrogens with one attached hydrogen (secondary N) is 5. The van der Waals surface area contributed by atoms with Crippen molar-refractivity contribution in [2.45, 2.75) is 484 Å². The fraction of sp³-hybridized carbons (Fsp3) is 0.895. The Balaban J connectivity index is 1.07. The van der Waals surface area contributed by atoms with Crippen LogP contribution in [0.5, 0.6) is 0 Å². The van der Waals surface area contributed by atoms with Crippen LogP contribution < -0.4 is 26.6 Å². The van der Waals surface area contributed by atoms with Crippen LogP contribution in [0.25, 0.3) is 0 Å². The van der Waals surface area contributed by atoms with Crippen LogP contribution in [0, 0.1) is 0 Å². The number of hydrogen-bond donors (Lipinski definition) is 30. The van der Waals surface area contributed by atoms with Gasteiger partial charge < -0.3 is 221 Å². The fourth-order valence-electron chi connectivity index (χ4n) is 19.5. The van der Waals surface area contributed by atoms with Gasteiger partial charge in [-0.05, 0) is 19.3 Å². The molecule has 52 nitrogen and oxygen atoms in total. The molecule has 0 radical (unpaired) electrons. The molecule has 30 N–H and O–H groups in total. The summed E-state index contributed by atoms with van der Waals surface area (Å²) in [6.45, 7) is -1.82. The van der Waals surface area contributed by atoms with E-state index in [4.69, 9.17) is 66.3 Å². The van der Waals surface area contributed by atoms with Crippen molar-refractivity contribution in [2.75, 3.05) is 52.9 Å². The molecule has 0 aromatic rings. The molecule has 7 heterocycles. The molecule has 14 unspecified atom stereocenters. The van der Waals surface area contributed by atoms with Gasteiger partial charge in [-0.15, -0.1) is 0 Å². The van der Waals surface area contributed by atoms with Gasteiger partial charge in [-0.3, -0.25) is 24.0 Å². The Bertz CT molecular complexity index is 3920. The van der Waals surface area contributed by atoms with Crippen LogP contribution in [0.1, 0.15) is 241 Å². The molecule has 852 valence electrons. The minimum atomic E-state index is -3.64. The van der Waals surface area contributed by atoms with Gasteiger partial charge in [0.05, 0.1) is 101 Å². The number of unbranched alkanes of at least 4 members (excludes halogenated alkanes) is 25. The molecule has 7 saturated heterocycles. The number of hydrogen-bond acceptors (Lipinski definition) is 44. The van der Waals surface area contributed by atoms with E-state index in [1.807, 2.05) is 0 Å². The van der Waals surface area contributed by atoms with Crippen LogP contribution in [0.2, 0.25) is 0 Å². The van der Waals surface area contributed by atoms with Crippen molar-refractivity contribution in [3.8, 4) is 0 Å². The van der Waals surface area contributed by atoms with E-state index in [0.717, 1.165) is 91.9 Å². The number of carbonyl (C=O) groups is 8. The van der Waals surface area contributed by atoms with E-state index in [9.17, 15) is 166 Å². The van der Waals surface area contributed by atoms with E-state index >= 15 is 0 Å². The number of allylic oxidation sites excluding steroid dienone is 1. The summed E-state index contributed by atoms with van der Waals surface area (Å²) >= 11 is 0. The third-order valence-corrected chi connectivity index (χ3v) is 27.6. The zero-order valence-corrected chi connectivity index (χ0v) is 84.3. The number of carboxylic acids is 3. The molecule has 52 heteroatoms. The lowest BCUT2D eigenvalue weighted by atomic mass is 9.86. The van der Waals surface area contributed by atoms with E-state index in [2.05, 4.69) is 40.4 Å². The standard InChI is InChI=1S/C95H165N5O47/c1-7-9-11-13-15-17-19-21-22-24-26-28-30-32-34-36-64(117)100-52(53(112)35-33-31-29-27-25-23-20-18-16-14-12-10-8-2)47-134-87-76(125)75(124)80(63(46-107)138-87)140-88-77(126)84(70(119)58(41-102)135-88)141-86-68(99-51(6)111)74(123)79(62(45-106)137-86)139-89-78(127)85(71(120)59(42-103)136-89)147-95(92(132)133)39-56(115)67(98-50(5)110)83(146-95)73(122)61(44-105)143-94(91(130)131)38-55(114)66(97-49(4)109)82(145-94)72(121)60(43-104)142-93(90(128)129)37-54(113)65(96-48(3)108)81(144-93)69(118)57(116)40-101/h33,35,52-63,65-89,101-107,112-116,118-127H,7-32,34,36-47H2,1-6H3,(H,96,108)(H,97,109)(H,98,110)(H,99,111)(H,100,117)(H,128,129)(H,130,131)(H,132,133)/b35-33+/t52-,53+,54?,55?,56?,57+,58?,59?,60+,61+,62?,63?,65+,66+,67+,68?,69+,70-,71-,72+,73+,74+,75+,76?,77?,78?,79+,80+,81?,82?,83?,84-,85-,86-,87+,88-,89-,93+,94+,95-/m0/s1. The summed E-state index contributed by atoms with van der Waals surface area (Å²) in [5.41, 5.74) is 0. The Kier molecular flexibility index (Phi) is 55.0. The number of ether oxygens (including phenoxy) is 14. The number of aliphatic hydroxyl groups excluding tert-OH is 22. The molecule has 0 spiro atoms. The number of amides is 5. The zero-order valence-electron chi connectivity index (χ0n) is 84.3. The van der Waals surface area contributed by atoms with Gasteiger partial charge >= 0.3 is 17.9 Å². The van der Waals surface area contributed by atoms with E-state index in [1.54, 1.807) is 6.08 Å². The molecule has 40 atom stereocenters. The maximum absolute atomic E-state index is 14.0. The van der Waals surface area contributed by atoms with Crippen LogP contribution in [-0.4, -0.2) is 472 Å². The highest BCUT2D eigenvalue weighted by Gasteiger charge is 2.66. The molecule has 0 aromatic carbocycles. The molecular weight excluding hydrogens is 1960 g/mol. The van der Waals surface area contributed by atoms with Crippen LogP contribution in [0.3, 0.4) is 0 Å². The maximum atomic E-state index is 14.0. The van der Waals surface area contributed by atoms with E-state index in [1.165, 1.54) is 102 Å². The first-order valence-electron chi connectivity index (χ1n) is 51.4. The molecule has 0 saturated carbocycles. The molecule has 0 aliphatic carbocycles. The number of aliphatic carboxylic acids is 3. The first-order valence-corrected chi connectivity index (χ1v) is 51.4. The van der Waals surface area contributed by atoms with E-state index < -0.39 is 357 Å². The van der Waals surface area contributed by atoms with Gasteiger partial charge in [0.2, 0.25) is 29.5 Å². The lowest BCUT2D eigenvalue weighted by Gasteiger charge is -2.52. The van der Waals surface area contributed by atoms with E-state index in [-0.39, 0.29) is 12.3 Å². The molecule has 7 aliphatic rings. The van der Waals surface area contributed by atoms with Gasteiger partial charge in [-0.1, -0.05) is 180 Å². The van der Waals surface area contributed by atoms with Gasteiger partial charge in [0.25, 0.3) is 17.4 Å². The third-order valence-electron chi connectivity index (χ3n) is 27.6. The topological polar surface area (TPSA) is 832 Å². The summed E-state index contributed by atoms with van der Waals surface area (Å²) in [5.74, 6) is -22.1. The Hall–Kier alpha value is -5.94. The molecule has 147 heavy (non-hydrogen) atoms. The SMILES string of the molecule is CCCCCCCCCCCCC/C=C/[C@@H](O)[C@H](CO[C@@H]1OC(CO)[C@@H](O[C@@H]2OC(CO)[C@H](O)[C@H](O[C@@H]3OC(CO)[C@@H](O[C@@H]4OC(CO)[C@H](O)[C@H](O[C@]5(C(=O)O)CC(O)[C@@H](NC(C)=O)C([C@H](O)[C@@H](CO)O[C@]6(C(=O)O)CC(O)[C@@H](NC(C)=O)C([C@H](O)[C@@H](CO)O[C@]7(C(=O)O)CC(O)[C@@H](NC(C)=O)C([C@H](O)[C@H](O)CO)O7)O6)O5)C4O)[C@H](O)C3NC(C)=O)C2O)[C@H](O)C1O)NC(=O)CCCCCCCCCCCCCCCCC. The van der Waals surface area contributed by atoms with Crippen molar-refractivity contribution >= 4 is 47.4 Å². The Labute approximate surface area is 852 Å². The highest BCUT2D eigenvalue weighted by Crippen LogP contribution is 2.44. The Morgan fingerprint density at radius 2 is 0.707 bits per heavy atom. The summed E-state index contributed by atoms with van der Waals surface area (Å²) in [6.07, 6.45) is -43.2. The first kappa shape index (κ1) is 128. The van der Waals surface area contributed by atoms with Crippen molar-refractivity contribution in [3.05, 3.63) is 12.2 Å². The normalized spacial score (nSPS) is 35.5. The molecule has 7 fully saturated rings. The molecule has 0 bridgehead atoms. The van der Waals surface area contributed by atoms with Gasteiger partial charge in [0, 0.05) is 53.4 Å². The highest BCUT2D eigenvalue weighted by molar-refractivity contribution is 5.79. The van der Waals surface area contributed by atoms with Crippen molar-refractivity contribution in [3.63, 3.8) is 0 Å². The van der Waals surface area contributed by atoms with Crippen molar-refractivity contribution in [2.24, 2.45) is 0 Å². The van der Waals surface area contributed by atoms with E-state index in [0.29, 0.717) is 12.8 Å². The summed E-state index contributed by atoms with van der Waals surface area (Å²) < 4.78 is 82.4. The molecular formula is C95H165N5O47. The number of carbonyl (C=O) groups excluding carboxylic acids is 5. The van der Waals surface area contributed by atoms with Crippen molar-refractivity contribution in [1.29, 1.82) is 0 Å². The monoisotopic (exact) mass is 2130 g/mol. The van der Waals surface area contributed by atoms with Crippen LogP contribution in [-0.2, 0) is 105 Å². The lowest BCUT2D eigenvalue weighted by molar-refractivity contribution is -0.391. The average Bonchev–Trinajstić information content (AvgIpc) is 0.741. The Morgan fingerprint density at radius 1 is 0.367 bits per heavy atom. The van der Waals surface area contributed by atoms with Gasteiger partial charge in [-0.2, -0.15) is 0 Å². The van der Waals surface area contributed by atoms with Gasteiger partial charge in [-0.25, -0.2) is 14.4 Å². The number of aliphatic hydroxyl groups is 22. The largest absolute Gasteiger partial charge is 0.477 e. The maximum Gasteiger partial charge on any atom is 0.364 e. The quantitative estimate of drug-likeness (QED) is 0.0199. The summed E-state index contributed by atoms with van der Waals surface area (Å²) in [5, 5.41) is 297. The van der Waals surface area contributed by atoms with Crippen LogP contribution in [0.15, 0.2) is 12.2 Å². The summed E-state index contributed by atoms with van der Waals surface area (Å²) in [7, 11) is 0. The van der Waals surface area contributed by atoms with Crippen LogP contribution >= 0.6 is 0 Å². The van der Waals surface area contributed by atoms with Gasteiger partial charge in [0.1, 0.15) is 153 Å². The molecule has 0 aromatic heterocycles. The minimum Gasteiger partial charge on any atom is -0.477 e. The molecule has 5 amide bonds. The third kappa shape index (κ3) is 36.1. The average molecular weight is 2130 g/mol. The number of rotatable bonds is 66. The number of carboxylic acid groups (broad SMARTS) is 3. The second-order valence-electron chi connectivity index (χ2n) is 39.2. The van der Waals surface area contributed by atoms with Crippen LogP contribution in [0.4, 0.5) is 0 Å². The fourth-order valence-corrected chi connectivity index (χ4v) is 19.5. The zero-order chi connectivity index (χ0) is 109. The summed E-state index contributed by atoms with van der Waals surface area (Å²) in [4.78, 5) is 106. The summed E-state index contributed by atoms with van der Waals surface area (Å²) in [6, 6.07) is -9.21. The van der Waals surface area contributed by atoms with Crippen molar-refractivity contribution in [1.82, 2.24) is 26.6 Å². The van der Waals surface area contributed by atoms with Crippen molar-refractivity contribution < 1.29 is 232 Å². The Morgan fingerprint density at radius 3 is 1.10 bits per heavy atom. The van der Waals surface area contributed by atoms with Gasteiger partial charge in [0.15, 0.2) is 25.2 Å². The minimum absolute atomic E-state index is 0.126. The second-order valence-corrected chi connectivity index (χ2v) is 39.2. The lowest BCUT2D eigenvalue weighted by Crippen LogP contribution is -2.72.